The zero-order valence-electron chi connectivity index (χ0n) is 21.6. The van der Waals surface area contributed by atoms with Crippen LogP contribution in [0.5, 0.6) is 0 Å². The number of carbonyl (C=O) groups is 2. The van der Waals surface area contributed by atoms with Gasteiger partial charge in [-0.25, -0.2) is 9.59 Å². The summed E-state index contributed by atoms with van der Waals surface area (Å²) in [7, 11) is 0. The molecule has 5 rings (SSSR count). The van der Waals surface area contributed by atoms with E-state index in [1.165, 1.54) is 11.6 Å². The van der Waals surface area contributed by atoms with Crippen LogP contribution in [0.2, 0.25) is 0 Å². The van der Waals surface area contributed by atoms with Crippen molar-refractivity contribution in [3.8, 4) is 0 Å². The predicted molar refractivity (Wildman–Crippen MR) is 134 cm³/mol. The van der Waals surface area contributed by atoms with Crippen molar-refractivity contribution in [3.05, 3.63) is 59.3 Å². The van der Waals surface area contributed by atoms with Gasteiger partial charge in [0.25, 0.3) is 0 Å². The molecule has 0 aromatic rings. The van der Waals surface area contributed by atoms with Crippen LogP contribution in [0.4, 0.5) is 0 Å². The number of ether oxygens (including phenoxy) is 2. The van der Waals surface area contributed by atoms with Gasteiger partial charge >= 0.3 is 11.9 Å². The van der Waals surface area contributed by atoms with E-state index in [0.29, 0.717) is 18.4 Å². The molecule has 0 saturated heterocycles. The molecule has 0 aromatic heterocycles. The molecule has 0 bridgehead atoms. The SMILES string of the molecule is C=C1C([C@@H](C)[C@H]2CC=C(C)C(=O)O2)=CC[C@]2(C)[C@H]1C[C@@]1(O)C=C3C=CC(=O)OC(C)(C)[C@@H]3CC[C@@H]21. The maximum absolute atomic E-state index is 12.2. The quantitative estimate of drug-likeness (QED) is 0.540. The Kier molecular flexibility index (Phi) is 5.59. The minimum Gasteiger partial charge on any atom is -0.458 e. The lowest BCUT2D eigenvalue weighted by molar-refractivity contribution is -0.153. The van der Waals surface area contributed by atoms with Gasteiger partial charge in [0.2, 0.25) is 0 Å². The number of carbonyl (C=O) groups excluding carboxylic acids is 2. The van der Waals surface area contributed by atoms with Crippen LogP contribution < -0.4 is 0 Å². The molecule has 7 atom stereocenters. The summed E-state index contributed by atoms with van der Waals surface area (Å²) < 4.78 is 11.5. The Morgan fingerprint density at radius 1 is 1.11 bits per heavy atom. The first-order chi connectivity index (χ1) is 16.4. The van der Waals surface area contributed by atoms with Crippen molar-refractivity contribution in [2.24, 2.45) is 29.1 Å². The van der Waals surface area contributed by atoms with Gasteiger partial charge in [-0.3, -0.25) is 0 Å². The first kappa shape index (κ1) is 24.3. The number of cyclic esters (lactones) is 2. The summed E-state index contributed by atoms with van der Waals surface area (Å²) in [5, 5.41) is 12.1. The molecule has 0 unspecified atom stereocenters. The summed E-state index contributed by atoms with van der Waals surface area (Å²) in [6, 6.07) is 0. The normalized spacial score (nSPS) is 41.1. The molecule has 188 valence electrons. The summed E-state index contributed by atoms with van der Waals surface area (Å²) in [5.41, 5.74) is 2.20. The highest BCUT2D eigenvalue weighted by molar-refractivity contribution is 5.88. The van der Waals surface area contributed by atoms with E-state index in [1.807, 2.05) is 32.1 Å². The minimum atomic E-state index is -0.968. The second-order valence-electron chi connectivity index (χ2n) is 12.2. The number of fused-ring (bicyclic) bond motifs is 4. The Morgan fingerprint density at radius 2 is 1.86 bits per heavy atom. The van der Waals surface area contributed by atoms with Crippen molar-refractivity contribution >= 4 is 11.9 Å². The average molecular weight is 479 g/mol. The molecule has 3 aliphatic carbocycles. The molecule has 0 amide bonds. The van der Waals surface area contributed by atoms with E-state index in [0.717, 1.165) is 30.4 Å². The van der Waals surface area contributed by atoms with Gasteiger partial charge in [0.15, 0.2) is 0 Å². The smallest absolute Gasteiger partial charge is 0.333 e. The molecule has 2 heterocycles. The van der Waals surface area contributed by atoms with Gasteiger partial charge in [0.05, 0.1) is 5.60 Å². The number of esters is 2. The van der Waals surface area contributed by atoms with Crippen molar-refractivity contribution in [2.75, 3.05) is 0 Å². The van der Waals surface area contributed by atoms with Gasteiger partial charge in [-0.05, 0) is 86.5 Å². The standard InChI is InChI=1S/C30H38O5/c1-17-7-10-24(34-27(17)32)19(3)21-13-14-29(6)23(18(21)2)16-30(33)15-20-8-12-26(31)35-28(4,5)22(20)9-11-25(29)30/h7-8,12-13,15,19,22-25,33H,2,9-11,14,16H2,1,3-6H3/t19-,22-,23+,24-,25+,29-,30+/m1/s1. The van der Waals surface area contributed by atoms with Crippen LogP contribution in [0.1, 0.15) is 66.7 Å². The number of rotatable bonds is 2. The highest BCUT2D eigenvalue weighted by Crippen LogP contribution is 2.64. The molecule has 1 fully saturated rings. The van der Waals surface area contributed by atoms with Gasteiger partial charge in [0, 0.05) is 29.9 Å². The van der Waals surface area contributed by atoms with E-state index in [4.69, 9.17) is 9.47 Å². The molecule has 2 aliphatic heterocycles. The van der Waals surface area contributed by atoms with Crippen molar-refractivity contribution in [1.29, 1.82) is 0 Å². The number of hydrogen-bond acceptors (Lipinski definition) is 5. The van der Waals surface area contributed by atoms with Gasteiger partial charge in [-0.15, -0.1) is 0 Å². The first-order valence-electron chi connectivity index (χ1n) is 13.0. The fourth-order valence-corrected chi connectivity index (χ4v) is 7.69. The van der Waals surface area contributed by atoms with Crippen molar-refractivity contribution in [3.63, 3.8) is 0 Å². The third kappa shape index (κ3) is 3.78. The van der Waals surface area contributed by atoms with Crippen LogP contribution in [-0.4, -0.2) is 34.4 Å². The molecule has 35 heavy (non-hydrogen) atoms. The summed E-state index contributed by atoms with van der Waals surface area (Å²) in [6.07, 6.45) is 13.3. The van der Waals surface area contributed by atoms with Gasteiger partial charge < -0.3 is 14.6 Å². The lowest BCUT2D eigenvalue weighted by Crippen LogP contribution is -2.40. The van der Waals surface area contributed by atoms with Crippen LogP contribution in [0, 0.1) is 29.1 Å². The maximum atomic E-state index is 12.2. The first-order valence-corrected chi connectivity index (χ1v) is 13.0. The largest absolute Gasteiger partial charge is 0.458 e. The highest BCUT2D eigenvalue weighted by Gasteiger charge is 2.61. The molecule has 0 spiro atoms. The molecule has 0 radical (unpaired) electrons. The molecule has 5 heteroatoms. The fourth-order valence-electron chi connectivity index (χ4n) is 7.69. The lowest BCUT2D eigenvalue weighted by atomic mass is 9.61. The second-order valence-corrected chi connectivity index (χ2v) is 12.2. The van der Waals surface area contributed by atoms with Crippen LogP contribution >= 0.6 is 0 Å². The zero-order chi connectivity index (χ0) is 25.3. The average Bonchev–Trinajstić information content (AvgIpc) is 2.86. The van der Waals surface area contributed by atoms with Crippen LogP contribution in [0.15, 0.2) is 59.3 Å². The Bertz CT molecular complexity index is 1100. The van der Waals surface area contributed by atoms with Gasteiger partial charge in [0.1, 0.15) is 11.7 Å². The topological polar surface area (TPSA) is 72.8 Å². The predicted octanol–water partition coefficient (Wildman–Crippen LogP) is 5.37. The van der Waals surface area contributed by atoms with Gasteiger partial charge in [-0.2, -0.15) is 0 Å². The molecule has 1 saturated carbocycles. The number of hydrogen-bond donors (Lipinski definition) is 1. The fraction of sp³-hybridized carbons (Fsp3) is 0.600. The van der Waals surface area contributed by atoms with Crippen LogP contribution in [-0.2, 0) is 19.1 Å². The van der Waals surface area contributed by atoms with Crippen LogP contribution in [0.25, 0.3) is 0 Å². The highest BCUT2D eigenvalue weighted by atomic mass is 16.6. The summed E-state index contributed by atoms with van der Waals surface area (Å²) >= 11 is 0. The van der Waals surface area contributed by atoms with Crippen molar-refractivity contribution in [1.82, 2.24) is 0 Å². The van der Waals surface area contributed by atoms with Gasteiger partial charge in [-0.1, -0.05) is 38.7 Å². The second kappa shape index (κ2) is 8.06. The van der Waals surface area contributed by atoms with Crippen molar-refractivity contribution in [2.45, 2.75) is 84.0 Å². The monoisotopic (exact) mass is 478 g/mol. The molecule has 5 aliphatic rings. The zero-order valence-corrected chi connectivity index (χ0v) is 21.6. The summed E-state index contributed by atoms with van der Waals surface area (Å²) in [4.78, 5) is 24.3. The van der Waals surface area contributed by atoms with E-state index in [2.05, 4.69) is 26.5 Å². The molecule has 5 nitrogen and oxygen atoms in total. The van der Waals surface area contributed by atoms with E-state index in [1.54, 1.807) is 6.92 Å². The Balaban J connectivity index is 1.45. The third-order valence-corrected chi connectivity index (χ3v) is 9.74. The molecular weight excluding hydrogens is 440 g/mol. The molecular formula is C30H38O5. The summed E-state index contributed by atoms with van der Waals surface area (Å²) in [6.45, 7) is 14.7. The molecule has 0 aromatic carbocycles. The lowest BCUT2D eigenvalue weighted by Gasteiger charge is -2.44. The number of aliphatic hydroxyl groups is 1. The van der Waals surface area contributed by atoms with E-state index < -0.39 is 11.2 Å². The van der Waals surface area contributed by atoms with E-state index in [-0.39, 0.29) is 47.1 Å². The Labute approximate surface area is 208 Å². The van der Waals surface area contributed by atoms with Crippen LogP contribution in [0.3, 0.4) is 0 Å². The Hall–Kier alpha value is -2.40. The number of allylic oxidation sites excluding steroid dienone is 3. The minimum absolute atomic E-state index is 0.0527. The molecule has 1 N–H and O–H groups in total. The van der Waals surface area contributed by atoms with E-state index >= 15 is 0 Å². The third-order valence-electron chi connectivity index (χ3n) is 9.74. The van der Waals surface area contributed by atoms with Crippen molar-refractivity contribution < 1.29 is 24.2 Å². The van der Waals surface area contributed by atoms with E-state index in [9.17, 15) is 14.7 Å². The summed E-state index contributed by atoms with van der Waals surface area (Å²) in [5.74, 6) is -0.230. The maximum Gasteiger partial charge on any atom is 0.333 e. The Morgan fingerprint density at radius 3 is 2.57 bits per heavy atom.